The number of halogens is 2. The Bertz CT molecular complexity index is 350. The Morgan fingerprint density at radius 1 is 1.53 bits per heavy atom. The smallest absolute Gasteiger partial charge is 0.124 e. The summed E-state index contributed by atoms with van der Waals surface area (Å²) in [6, 6.07) is 5.08. The first-order valence-corrected chi connectivity index (χ1v) is 5.76. The fraction of sp³-hybridized carbons (Fsp3) is 0.455. The van der Waals surface area contributed by atoms with Crippen LogP contribution >= 0.6 is 15.9 Å². The van der Waals surface area contributed by atoms with E-state index in [0.717, 1.165) is 16.6 Å². The molecule has 0 amide bonds. The van der Waals surface area contributed by atoms with Crippen molar-refractivity contribution in [2.24, 2.45) is 0 Å². The number of hydrogen-bond donors (Lipinski definition) is 1. The van der Waals surface area contributed by atoms with Crippen LogP contribution in [-0.2, 0) is 4.74 Å². The van der Waals surface area contributed by atoms with E-state index >= 15 is 0 Å². The third-order valence-corrected chi connectivity index (χ3v) is 3.20. The second-order valence-corrected chi connectivity index (χ2v) is 4.65. The van der Waals surface area contributed by atoms with Crippen LogP contribution in [0.4, 0.5) is 4.39 Å². The van der Waals surface area contributed by atoms with E-state index in [4.69, 9.17) is 4.74 Å². The fourth-order valence-electron chi connectivity index (χ4n) is 1.65. The Morgan fingerprint density at radius 2 is 2.33 bits per heavy atom. The van der Waals surface area contributed by atoms with Crippen molar-refractivity contribution in [1.29, 1.82) is 0 Å². The van der Waals surface area contributed by atoms with Gasteiger partial charge in [-0.25, -0.2) is 4.39 Å². The fourth-order valence-corrected chi connectivity index (χ4v) is 2.26. The molecule has 0 aromatic heterocycles. The highest BCUT2D eigenvalue weighted by molar-refractivity contribution is 9.10. The summed E-state index contributed by atoms with van der Waals surface area (Å²) < 4.78 is 19.3. The van der Waals surface area contributed by atoms with Gasteiger partial charge in [0.1, 0.15) is 5.82 Å². The van der Waals surface area contributed by atoms with Crippen LogP contribution in [0.2, 0.25) is 0 Å². The predicted molar refractivity (Wildman–Crippen MR) is 60.3 cm³/mol. The van der Waals surface area contributed by atoms with Crippen LogP contribution in [0, 0.1) is 5.82 Å². The maximum absolute atomic E-state index is 12.9. The molecule has 15 heavy (non-hydrogen) atoms. The lowest BCUT2D eigenvalue weighted by atomic mass is 10.1. The van der Waals surface area contributed by atoms with Gasteiger partial charge in [0.15, 0.2) is 0 Å². The monoisotopic (exact) mass is 273 g/mol. The quantitative estimate of drug-likeness (QED) is 0.850. The summed E-state index contributed by atoms with van der Waals surface area (Å²) >= 11 is 3.35. The molecule has 2 nitrogen and oxygen atoms in total. The van der Waals surface area contributed by atoms with Crippen LogP contribution in [-0.4, -0.2) is 19.2 Å². The summed E-state index contributed by atoms with van der Waals surface area (Å²) in [5, 5.41) is 3.33. The molecule has 1 aliphatic heterocycles. The summed E-state index contributed by atoms with van der Waals surface area (Å²) in [5.41, 5.74) is 0.996. The number of benzene rings is 1. The molecule has 1 aromatic carbocycles. The van der Waals surface area contributed by atoms with Crippen LogP contribution in [0.5, 0.6) is 0 Å². The number of morpholine rings is 1. The molecule has 2 atom stereocenters. The minimum Gasteiger partial charge on any atom is -0.371 e. The van der Waals surface area contributed by atoms with Crippen LogP contribution < -0.4 is 5.32 Å². The number of hydrogen-bond acceptors (Lipinski definition) is 2. The highest BCUT2D eigenvalue weighted by atomic mass is 79.9. The zero-order valence-electron chi connectivity index (χ0n) is 8.47. The molecular formula is C11H13BrFNO. The van der Waals surface area contributed by atoms with E-state index in [9.17, 15) is 4.39 Å². The van der Waals surface area contributed by atoms with E-state index in [-0.39, 0.29) is 11.9 Å². The molecule has 1 saturated heterocycles. The van der Waals surface area contributed by atoms with E-state index in [0.29, 0.717) is 12.6 Å². The number of rotatable bonds is 1. The van der Waals surface area contributed by atoms with Crippen LogP contribution in [0.15, 0.2) is 22.7 Å². The van der Waals surface area contributed by atoms with E-state index < -0.39 is 0 Å². The van der Waals surface area contributed by atoms with Gasteiger partial charge in [0.05, 0.1) is 12.7 Å². The molecule has 82 valence electrons. The van der Waals surface area contributed by atoms with Gasteiger partial charge in [-0.3, -0.25) is 0 Å². The van der Waals surface area contributed by atoms with Gasteiger partial charge < -0.3 is 10.1 Å². The highest BCUT2D eigenvalue weighted by Gasteiger charge is 2.21. The lowest BCUT2D eigenvalue weighted by Crippen LogP contribution is -2.40. The zero-order chi connectivity index (χ0) is 10.8. The first kappa shape index (κ1) is 11.0. The van der Waals surface area contributed by atoms with Crippen molar-refractivity contribution in [1.82, 2.24) is 5.32 Å². The van der Waals surface area contributed by atoms with Crippen LogP contribution in [0.1, 0.15) is 18.6 Å². The second kappa shape index (κ2) is 4.60. The Labute approximate surface area is 96.9 Å². The third kappa shape index (κ3) is 2.56. The van der Waals surface area contributed by atoms with Gasteiger partial charge in [-0.2, -0.15) is 0 Å². The van der Waals surface area contributed by atoms with Gasteiger partial charge >= 0.3 is 0 Å². The van der Waals surface area contributed by atoms with Gasteiger partial charge in [0.25, 0.3) is 0 Å². The Balaban J connectivity index is 2.15. The van der Waals surface area contributed by atoms with Crippen molar-refractivity contribution in [2.45, 2.75) is 19.1 Å². The molecule has 2 rings (SSSR count). The second-order valence-electron chi connectivity index (χ2n) is 3.80. The molecule has 1 fully saturated rings. The Kier molecular flexibility index (Phi) is 3.38. The predicted octanol–water partition coefficient (Wildman–Crippen LogP) is 2.64. The van der Waals surface area contributed by atoms with Gasteiger partial charge in [-0.05, 0) is 24.6 Å². The van der Waals surface area contributed by atoms with E-state index in [2.05, 4.69) is 28.2 Å². The first-order chi connectivity index (χ1) is 7.16. The largest absolute Gasteiger partial charge is 0.371 e. The average molecular weight is 274 g/mol. The molecule has 0 aliphatic carbocycles. The molecule has 0 radical (unpaired) electrons. The topological polar surface area (TPSA) is 21.3 Å². The van der Waals surface area contributed by atoms with Crippen molar-refractivity contribution in [3.8, 4) is 0 Å². The van der Waals surface area contributed by atoms with Crippen LogP contribution in [0.25, 0.3) is 0 Å². The van der Waals surface area contributed by atoms with Gasteiger partial charge in [0.2, 0.25) is 0 Å². The molecule has 1 aromatic rings. The lowest BCUT2D eigenvalue weighted by Gasteiger charge is -2.29. The molecule has 1 aliphatic rings. The summed E-state index contributed by atoms with van der Waals surface area (Å²) in [4.78, 5) is 0. The lowest BCUT2D eigenvalue weighted by molar-refractivity contribution is 0.00652. The van der Waals surface area contributed by atoms with E-state index in [1.54, 1.807) is 6.07 Å². The molecular weight excluding hydrogens is 261 g/mol. The molecule has 0 bridgehead atoms. The molecule has 1 N–H and O–H groups in total. The maximum atomic E-state index is 12.9. The summed E-state index contributed by atoms with van der Waals surface area (Å²) in [7, 11) is 0. The maximum Gasteiger partial charge on any atom is 0.124 e. The Morgan fingerprint density at radius 3 is 2.93 bits per heavy atom. The molecule has 0 saturated carbocycles. The molecule has 1 heterocycles. The third-order valence-electron chi connectivity index (χ3n) is 2.51. The average Bonchev–Trinajstić information content (AvgIpc) is 2.20. The van der Waals surface area contributed by atoms with Crippen molar-refractivity contribution < 1.29 is 9.13 Å². The first-order valence-electron chi connectivity index (χ1n) is 4.97. The van der Waals surface area contributed by atoms with Crippen molar-refractivity contribution >= 4 is 15.9 Å². The SMILES string of the molecule is CC1COC(c2ccc(F)cc2Br)CN1. The molecule has 4 heteroatoms. The number of nitrogens with one attached hydrogen (secondary N) is 1. The van der Waals surface area contributed by atoms with Crippen molar-refractivity contribution in [3.05, 3.63) is 34.1 Å². The van der Waals surface area contributed by atoms with Crippen LogP contribution in [0.3, 0.4) is 0 Å². The minimum absolute atomic E-state index is 0.0103. The Hall–Kier alpha value is -0.450. The van der Waals surface area contributed by atoms with E-state index in [1.165, 1.54) is 12.1 Å². The minimum atomic E-state index is -0.234. The summed E-state index contributed by atoms with van der Waals surface area (Å²) in [6.45, 7) is 3.54. The highest BCUT2D eigenvalue weighted by Crippen LogP contribution is 2.28. The van der Waals surface area contributed by atoms with Gasteiger partial charge in [-0.1, -0.05) is 22.0 Å². The van der Waals surface area contributed by atoms with E-state index in [1.807, 2.05) is 0 Å². The van der Waals surface area contributed by atoms with Gasteiger partial charge in [0, 0.05) is 17.1 Å². The molecule has 2 unspecified atom stereocenters. The number of ether oxygens (including phenoxy) is 1. The normalized spacial score (nSPS) is 26.6. The molecule has 0 spiro atoms. The summed E-state index contributed by atoms with van der Waals surface area (Å²) in [5.74, 6) is -0.234. The van der Waals surface area contributed by atoms with Gasteiger partial charge in [-0.15, -0.1) is 0 Å². The summed E-state index contributed by atoms with van der Waals surface area (Å²) in [6.07, 6.45) is 0.0103. The van der Waals surface area contributed by atoms with Crippen molar-refractivity contribution in [3.63, 3.8) is 0 Å². The standard InChI is InChI=1S/C11H13BrFNO/c1-7-6-15-11(5-14-7)9-3-2-8(13)4-10(9)12/h2-4,7,11,14H,5-6H2,1H3. The zero-order valence-corrected chi connectivity index (χ0v) is 10.1. The van der Waals surface area contributed by atoms with Crippen molar-refractivity contribution in [2.75, 3.05) is 13.2 Å².